The Morgan fingerprint density at radius 1 is 0.846 bits per heavy atom. The Bertz CT molecular complexity index is 352. The Morgan fingerprint density at radius 2 is 1.27 bits per heavy atom. The highest BCUT2D eigenvalue weighted by Gasteiger charge is 1.91. The van der Waals surface area contributed by atoms with Gasteiger partial charge in [0.25, 0.3) is 0 Å². The van der Waals surface area contributed by atoms with Crippen molar-refractivity contribution in [3.05, 3.63) is 12.7 Å². The van der Waals surface area contributed by atoms with E-state index in [-0.39, 0.29) is 6.61 Å². The number of nitriles is 2. The summed E-state index contributed by atoms with van der Waals surface area (Å²) in [5.41, 5.74) is 0. The SMILES string of the molecule is C=CC#N.CN(C)CCOCCO.CN(C)CCOCCOCCC#N. The Morgan fingerprint density at radius 3 is 1.62 bits per heavy atom. The summed E-state index contributed by atoms with van der Waals surface area (Å²) < 4.78 is 15.4. The molecule has 0 aromatic carbocycles. The number of nitrogens with zero attached hydrogens (tertiary/aromatic N) is 4. The molecule has 0 saturated carbocycles. The van der Waals surface area contributed by atoms with Gasteiger partial charge in [-0.2, -0.15) is 10.5 Å². The van der Waals surface area contributed by atoms with Gasteiger partial charge in [-0.25, -0.2) is 0 Å². The number of hydrogen-bond acceptors (Lipinski definition) is 8. The summed E-state index contributed by atoms with van der Waals surface area (Å²) in [6, 6.07) is 3.71. The van der Waals surface area contributed by atoms with Crippen LogP contribution in [0.4, 0.5) is 0 Å². The van der Waals surface area contributed by atoms with E-state index >= 15 is 0 Å². The van der Waals surface area contributed by atoms with Gasteiger partial charge in [-0.1, -0.05) is 6.58 Å². The van der Waals surface area contributed by atoms with Crippen molar-refractivity contribution in [2.24, 2.45) is 0 Å². The fourth-order valence-electron chi connectivity index (χ4n) is 1.10. The normalized spacial score (nSPS) is 9.42. The van der Waals surface area contributed by atoms with Crippen LogP contribution in [0.25, 0.3) is 0 Å². The molecule has 0 rings (SSSR count). The molecule has 0 aromatic rings. The molecule has 0 heterocycles. The van der Waals surface area contributed by atoms with Crippen molar-refractivity contribution in [2.75, 3.05) is 87.5 Å². The van der Waals surface area contributed by atoms with Gasteiger partial charge >= 0.3 is 0 Å². The van der Waals surface area contributed by atoms with E-state index in [4.69, 9.17) is 29.8 Å². The zero-order valence-electron chi connectivity index (χ0n) is 16.8. The number of allylic oxidation sites excluding steroid dienone is 1. The first-order valence-electron chi connectivity index (χ1n) is 8.47. The minimum atomic E-state index is 0.118. The monoisotopic (exact) mass is 372 g/mol. The van der Waals surface area contributed by atoms with Gasteiger partial charge in [-0.05, 0) is 28.2 Å². The third-order valence-corrected chi connectivity index (χ3v) is 2.42. The first-order chi connectivity index (χ1) is 12.5. The van der Waals surface area contributed by atoms with E-state index in [0.29, 0.717) is 39.5 Å². The topological polar surface area (TPSA) is 102 Å². The molecule has 8 nitrogen and oxygen atoms in total. The van der Waals surface area contributed by atoms with Crippen molar-refractivity contribution in [1.29, 1.82) is 10.5 Å². The van der Waals surface area contributed by atoms with Crippen molar-refractivity contribution >= 4 is 0 Å². The van der Waals surface area contributed by atoms with Crippen LogP contribution in [0, 0.1) is 22.7 Å². The lowest BCUT2D eigenvalue weighted by molar-refractivity contribution is 0.0446. The lowest BCUT2D eigenvalue weighted by atomic mass is 10.5. The van der Waals surface area contributed by atoms with Crippen LogP contribution in [0.5, 0.6) is 0 Å². The van der Waals surface area contributed by atoms with Crippen molar-refractivity contribution in [1.82, 2.24) is 9.80 Å². The van der Waals surface area contributed by atoms with Crippen LogP contribution in [0.3, 0.4) is 0 Å². The highest BCUT2D eigenvalue weighted by molar-refractivity contribution is 4.93. The fourth-order valence-corrected chi connectivity index (χ4v) is 1.10. The van der Waals surface area contributed by atoms with Gasteiger partial charge in [-0.15, -0.1) is 0 Å². The number of likely N-dealkylation sites (N-methyl/N-ethyl adjacent to an activating group) is 2. The van der Waals surface area contributed by atoms with Gasteiger partial charge in [0.2, 0.25) is 0 Å². The molecule has 0 unspecified atom stereocenters. The molecule has 0 aliphatic rings. The molecule has 0 aliphatic carbocycles. The van der Waals surface area contributed by atoms with Gasteiger partial charge in [-0.3, -0.25) is 0 Å². The number of ether oxygens (including phenoxy) is 3. The van der Waals surface area contributed by atoms with E-state index in [1.54, 1.807) is 6.07 Å². The Kier molecular flexibility index (Phi) is 31.8. The molecule has 152 valence electrons. The summed E-state index contributed by atoms with van der Waals surface area (Å²) in [4.78, 5) is 4.11. The molecule has 0 spiro atoms. The van der Waals surface area contributed by atoms with Gasteiger partial charge < -0.3 is 29.1 Å². The Labute approximate surface area is 159 Å². The molecule has 0 fully saturated rings. The molecule has 0 saturated heterocycles. The van der Waals surface area contributed by atoms with Crippen LogP contribution in [0.15, 0.2) is 12.7 Å². The minimum Gasteiger partial charge on any atom is -0.394 e. The molecule has 0 atom stereocenters. The highest BCUT2D eigenvalue weighted by atomic mass is 16.5. The van der Waals surface area contributed by atoms with E-state index in [1.807, 2.05) is 39.2 Å². The predicted octanol–water partition coefficient (Wildman–Crippen LogP) is 0.748. The quantitative estimate of drug-likeness (QED) is 0.373. The van der Waals surface area contributed by atoms with Crippen molar-refractivity contribution in [3.63, 3.8) is 0 Å². The van der Waals surface area contributed by atoms with Gasteiger partial charge in [0.05, 0.1) is 64.8 Å². The van der Waals surface area contributed by atoms with Crippen molar-refractivity contribution < 1.29 is 19.3 Å². The molecule has 0 amide bonds. The van der Waals surface area contributed by atoms with Crippen LogP contribution in [0.1, 0.15) is 6.42 Å². The van der Waals surface area contributed by atoms with E-state index < -0.39 is 0 Å². The second kappa shape index (κ2) is 28.3. The molecule has 0 radical (unpaired) electrons. The standard InChI is InChI=1S/C9H18N2O2.C6H15NO2.C3H3N/c1-11(2)5-7-13-9-8-12-6-3-4-10;1-7(2)3-5-9-6-4-8;1-2-3-4/h3,5-9H2,1-2H3;8H,3-6H2,1-2H3;2H,1H2. The number of aliphatic hydroxyl groups is 1. The maximum Gasteiger partial charge on any atom is 0.0905 e. The summed E-state index contributed by atoms with van der Waals surface area (Å²) in [6.45, 7) is 8.66. The number of aliphatic hydroxyl groups excluding tert-OH is 1. The maximum absolute atomic E-state index is 8.29. The first kappa shape index (κ1) is 29.3. The van der Waals surface area contributed by atoms with E-state index in [2.05, 4.69) is 11.5 Å². The largest absolute Gasteiger partial charge is 0.394 e. The minimum absolute atomic E-state index is 0.118. The van der Waals surface area contributed by atoms with Crippen molar-refractivity contribution in [3.8, 4) is 12.1 Å². The van der Waals surface area contributed by atoms with E-state index in [0.717, 1.165) is 19.7 Å². The van der Waals surface area contributed by atoms with Crippen LogP contribution < -0.4 is 0 Å². The van der Waals surface area contributed by atoms with E-state index in [1.165, 1.54) is 6.08 Å². The number of rotatable bonds is 13. The highest BCUT2D eigenvalue weighted by Crippen LogP contribution is 1.83. The van der Waals surface area contributed by atoms with Crippen LogP contribution >= 0.6 is 0 Å². The van der Waals surface area contributed by atoms with Crippen LogP contribution in [-0.2, 0) is 14.2 Å². The fraction of sp³-hybridized carbons (Fsp3) is 0.778. The Balaban J connectivity index is -0.000000352. The summed E-state index contributed by atoms with van der Waals surface area (Å²) in [7, 11) is 7.99. The average Bonchev–Trinajstić information content (AvgIpc) is 2.61. The molecular formula is C18H36N4O4. The van der Waals surface area contributed by atoms with Gasteiger partial charge in [0.15, 0.2) is 0 Å². The average molecular weight is 373 g/mol. The molecule has 0 aliphatic heterocycles. The molecular weight excluding hydrogens is 336 g/mol. The lowest BCUT2D eigenvalue weighted by Gasteiger charge is -2.09. The zero-order valence-corrected chi connectivity index (χ0v) is 16.8. The lowest BCUT2D eigenvalue weighted by Crippen LogP contribution is -2.19. The van der Waals surface area contributed by atoms with Crippen LogP contribution in [0.2, 0.25) is 0 Å². The third kappa shape index (κ3) is 43.3. The molecule has 1 N–H and O–H groups in total. The molecule has 8 heteroatoms. The van der Waals surface area contributed by atoms with Crippen molar-refractivity contribution in [2.45, 2.75) is 6.42 Å². The maximum atomic E-state index is 8.29. The molecule has 0 aromatic heterocycles. The van der Waals surface area contributed by atoms with Gasteiger partial charge in [0.1, 0.15) is 0 Å². The smallest absolute Gasteiger partial charge is 0.0905 e. The zero-order chi connectivity index (χ0) is 20.5. The summed E-state index contributed by atoms with van der Waals surface area (Å²) in [5.74, 6) is 0. The molecule has 26 heavy (non-hydrogen) atoms. The second-order valence-electron chi connectivity index (χ2n) is 5.41. The van der Waals surface area contributed by atoms with Gasteiger partial charge in [0, 0.05) is 19.2 Å². The second-order valence-corrected chi connectivity index (χ2v) is 5.41. The molecule has 0 bridgehead atoms. The summed E-state index contributed by atoms with van der Waals surface area (Å²) >= 11 is 0. The Hall–Kier alpha value is -1.52. The van der Waals surface area contributed by atoms with E-state index in [9.17, 15) is 0 Å². The predicted molar refractivity (Wildman–Crippen MR) is 103 cm³/mol. The first-order valence-corrected chi connectivity index (χ1v) is 8.47. The van der Waals surface area contributed by atoms with Crippen LogP contribution in [-0.4, -0.2) is 102 Å². The summed E-state index contributed by atoms with van der Waals surface area (Å²) in [5, 5.41) is 24.0. The third-order valence-electron chi connectivity index (χ3n) is 2.42. The summed E-state index contributed by atoms with van der Waals surface area (Å²) in [6.07, 6.45) is 1.64. The number of hydrogen-bond donors (Lipinski definition) is 1.